The Morgan fingerprint density at radius 1 is 1.41 bits per heavy atom. The molecule has 2 atom stereocenters. The third-order valence-electron chi connectivity index (χ3n) is 2.30. The van der Waals surface area contributed by atoms with Gasteiger partial charge in [-0.1, -0.05) is 30.3 Å². The number of hydrogen-bond acceptors (Lipinski definition) is 2. The second-order valence-corrected chi connectivity index (χ2v) is 4.77. The van der Waals surface area contributed by atoms with Gasteiger partial charge >= 0.3 is 0 Å². The maximum atomic E-state index is 13.1. The van der Waals surface area contributed by atoms with Crippen molar-refractivity contribution in [1.29, 1.82) is 0 Å². The monoisotopic (exact) mass is 263 g/mol. The molecule has 2 unspecified atom stereocenters. The van der Waals surface area contributed by atoms with Gasteiger partial charge in [0.05, 0.1) is 6.54 Å². The molecule has 0 saturated carbocycles. The average molecular weight is 263 g/mol. The van der Waals surface area contributed by atoms with Crippen molar-refractivity contribution >= 4 is 11.1 Å². The van der Waals surface area contributed by atoms with E-state index in [-0.39, 0.29) is 6.04 Å². The summed E-state index contributed by atoms with van der Waals surface area (Å²) in [6.45, 7) is 1.15. The Hall–Kier alpha value is -0.850. The topological polar surface area (TPSA) is 49.3 Å². The second-order valence-electron chi connectivity index (χ2n) is 3.84. The van der Waals surface area contributed by atoms with Gasteiger partial charge in [0, 0.05) is 6.04 Å². The van der Waals surface area contributed by atoms with Crippen molar-refractivity contribution in [2.75, 3.05) is 12.3 Å². The Morgan fingerprint density at radius 2 is 2.00 bits per heavy atom. The summed E-state index contributed by atoms with van der Waals surface area (Å²) in [5.41, 5.74) is 0.897. The highest BCUT2D eigenvalue weighted by Crippen LogP contribution is 2.17. The molecule has 0 bridgehead atoms. The largest absolute Gasteiger partial charge is 0.306 e. The zero-order valence-corrected chi connectivity index (χ0v) is 10.2. The number of benzene rings is 1. The van der Waals surface area contributed by atoms with Crippen LogP contribution in [-0.4, -0.2) is 27.0 Å². The predicted molar refractivity (Wildman–Crippen MR) is 63.4 cm³/mol. The van der Waals surface area contributed by atoms with Crippen molar-refractivity contribution in [3.05, 3.63) is 35.9 Å². The van der Waals surface area contributed by atoms with Crippen LogP contribution in [0.4, 0.5) is 8.78 Å². The van der Waals surface area contributed by atoms with E-state index >= 15 is 0 Å². The maximum Gasteiger partial charge on any atom is 0.273 e. The zero-order chi connectivity index (χ0) is 12.9. The number of alkyl halides is 2. The van der Waals surface area contributed by atoms with Crippen LogP contribution < -0.4 is 5.32 Å². The minimum atomic E-state index is -3.18. The number of hydrogen-bond donors (Lipinski definition) is 2. The van der Waals surface area contributed by atoms with Gasteiger partial charge in [0.25, 0.3) is 5.92 Å². The van der Waals surface area contributed by atoms with E-state index in [0.717, 1.165) is 5.56 Å². The average Bonchev–Trinajstić information content (AvgIpc) is 2.25. The van der Waals surface area contributed by atoms with E-state index in [1.807, 2.05) is 30.3 Å². The first-order valence-corrected chi connectivity index (χ1v) is 6.42. The maximum absolute atomic E-state index is 13.1. The Balaban J connectivity index is 2.48. The Labute approximate surface area is 102 Å². The Bertz CT molecular complexity index is 373. The Morgan fingerprint density at radius 3 is 2.53 bits per heavy atom. The molecule has 2 N–H and O–H groups in total. The highest BCUT2D eigenvalue weighted by molar-refractivity contribution is 7.79. The van der Waals surface area contributed by atoms with Crippen LogP contribution in [0.25, 0.3) is 0 Å². The molecule has 0 heterocycles. The second kappa shape index (κ2) is 6.18. The van der Waals surface area contributed by atoms with Crippen molar-refractivity contribution in [1.82, 2.24) is 5.32 Å². The quantitative estimate of drug-likeness (QED) is 0.774. The molecule has 0 fully saturated rings. The van der Waals surface area contributed by atoms with Gasteiger partial charge in [0.15, 0.2) is 11.1 Å². The van der Waals surface area contributed by atoms with Crippen LogP contribution >= 0.6 is 0 Å². The van der Waals surface area contributed by atoms with Crippen molar-refractivity contribution in [2.24, 2.45) is 0 Å². The third-order valence-corrected chi connectivity index (χ3v) is 2.97. The number of halogens is 2. The number of rotatable bonds is 6. The molecule has 0 radical (unpaired) electrons. The molecule has 6 heteroatoms. The van der Waals surface area contributed by atoms with Crippen LogP contribution in [0.1, 0.15) is 18.5 Å². The van der Waals surface area contributed by atoms with Gasteiger partial charge in [-0.05, 0) is 12.5 Å². The van der Waals surface area contributed by atoms with Gasteiger partial charge in [-0.25, -0.2) is 13.0 Å². The highest BCUT2D eigenvalue weighted by atomic mass is 32.2. The van der Waals surface area contributed by atoms with Crippen LogP contribution in [0.15, 0.2) is 30.3 Å². The van der Waals surface area contributed by atoms with Gasteiger partial charge in [-0.2, -0.15) is 0 Å². The van der Waals surface area contributed by atoms with Gasteiger partial charge in [0.1, 0.15) is 5.75 Å². The highest BCUT2D eigenvalue weighted by Gasteiger charge is 2.31. The molecule has 1 rings (SSSR count). The summed E-state index contributed by atoms with van der Waals surface area (Å²) in [7, 11) is 0. The molecule has 0 aliphatic rings. The van der Waals surface area contributed by atoms with E-state index in [0.29, 0.717) is 0 Å². The SMILES string of the molecule is CC(NCC(F)(F)CS(=O)O)c1ccccc1. The van der Waals surface area contributed by atoms with E-state index in [1.165, 1.54) is 0 Å². The van der Waals surface area contributed by atoms with Crippen molar-refractivity contribution in [2.45, 2.75) is 18.9 Å². The lowest BCUT2D eigenvalue weighted by Gasteiger charge is -2.19. The molecular formula is C11H15F2NO2S. The van der Waals surface area contributed by atoms with E-state index in [1.54, 1.807) is 6.92 Å². The molecule has 0 aliphatic heterocycles. The summed E-state index contributed by atoms with van der Waals surface area (Å²) >= 11 is -2.48. The van der Waals surface area contributed by atoms with Crippen molar-refractivity contribution < 1.29 is 17.5 Å². The molecule has 1 aromatic carbocycles. The standard InChI is InChI=1S/C11H15F2NO2S/c1-9(10-5-3-2-4-6-10)14-7-11(12,13)8-17(15)16/h2-6,9,14H,7-8H2,1H3,(H,15,16). The fraction of sp³-hybridized carbons (Fsp3) is 0.455. The molecule has 1 aromatic rings. The molecule has 0 saturated heterocycles. The smallest absolute Gasteiger partial charge is 0.273 e. The Kier molecular flexibility index (Phi) is 5.17. The normalized spacial score (nSPS) is 15.5. The summed E-state index contributed by atoms with van der Waals surface area (Å²) < 4.78 is 45.0. The first kappa shape index (κ1) is 14.2. The minimum Gasteiger partial charge on any atom is -0.306 e. The van der Waals surface area contributed by atoms with E-state index in [2.05, 4.69) is 5.32 Å². The zero-order valence-electron chi connectivity index (χ0n) is 9.40. The van der Waals surface area contributed by atoms with E-state index in [4.69, 9.17) is 4.55 Å². The minimum absolute atomic E-state index is 0.228. The summed E-state index contributed by atoms with van der Waals surface area (Å²) in [5, 5.41) is 2.65. The molecule has 0 spiro atoms. The van der Waals surface area contributed by atoms with Gasteiger partial charge < -0.3 is 9.87 Å². The summed E-state index contributed by atoms with van der Waals surface area (Å²) in [5.74, 6) is -4.22. The van der Waals surface area contributed by atoms with E-state index < -0.39 is 29.3 Å². The van der Waals surface area contributed by atoms with Crippen LogP contribution in [0, 0.1) is 0 Å². The van der Waals surface area contributed by atoms with Crippen LogP contribution in [0.3, 0.4) is 0 Å². The lowest BCUT2D eigenvalue weighted by Crippen LogP contribution is -2.38. The van der Waals surface area contributed by atoms with Gasteiger partial charge in [0.2, 0.25) is 0 Å². The first-order valence-electron chi connectivity index (χ1n) is 5.14. The summed E-state index contributed by atoms with van der Waals surface area (Å²) in [6, 6.07) is 8.94. The molecule has 0 aromatic heterocycles. The third kappa shape index (κ3) is 5.34. The molecule has 3 nitrogen and oxygen atoms in total. The molecule has 0 aliphatic carbocycles. The van der Waals surface area contributed by atoms with Crippen LogP contribution in [-0.2, 0) is 11.1 Å². The van der Waals surface area contributed by atoms with Crippen molar-refractivity contribution in [3.63, 3.8) is 0 Å². The van der Waals surface area contributed by atoms with Gasteiger partial charge in [-0.15, -0.1) is 0 Å². The lowest BCUT2D eigenvalue weighted by molar-refractivity contribution is 0.0237. The van der Waals surface area contributed by atoms with E-state index in [9.17, 15) is 13.0 Å². The molecule has 17 heavy (non-hydrogen) atoms. The fourth-order valence-electron chi connectivity index (χ4n) is 1.39. The van der Waals surface area contributed by atoms with Crippen molar-refractivity contribution in [3.8, 4) is 0 Å². The fourth-order valence-corrected chi connectivity index (χ4v) is 1.86. The van der Waals surface area contributed by atoms with Crippen LogP contribution in [0.2, 0.25) is 0 Å². The lowest BCUT2D eigenvalue weighted by atomic mass is 10.1. The van der Waals surface area contributed by atoms with Gasteiger partial charge in [-0.3, -0.25) is 0 Å². The number of nitrogens with one attached hydrogen (secondary N) is 1. The molecule has 0 amide bonds. The predicted octanol–water partition coefficient (Wildman–Crippen LogP) is 2.19. The molecular weight excluding hydrogens is 248 g/mol. The molecule has 96 valence electrons. The summed E-state index contributed by atoms with van der Waals surface area (Å²) in [4.78, 5) is 0. The van der Waals surface area contributed by atoms with Crippen LogP contribution in [0.5, 0.6) is 0 Å². The first-order chi connectivity index (χ1) is 7.91. The summed E-state index contributed by atoms with van der Waals surface area (Å²) in [6.07, 6.45) is 0.